The predicted molar refractivity (Wildman–Crippen MR) is 99.2 cm³/mol. The molecule has 1 amide bonds. The Balaban J connectivity index is 1.36. The number of aromatic nitrogens is 2. The Morgan fingerprint density at radius 3 is 2.31 bits per heavy atom. The van der Waals surface area contributed by atoms with Crippen LogP contribution in [-0.4, -0.2) is 34.0 Å². The molecule has 2 fully saturated rings. The first-order chi connectivity index (χ1) is 12.7. The average Bonchev–Trinajstić information content (AvgIpc) is 3.15. The highest BCUT2D eigenvalue weighted by atomic mass is 16.5. The topological polar surface area (TPSA) is 59.2 Å². The van der Waals surface area contributed by atoms with Gasteiger partial charge in [-0.2, -0.15) is 4.98 Å². The normalized spacial score (nSPS) is 19.7. The number of benzene rings is 1. The number of piperidine rings is 1. The van der Waals surface area contributed by atoms with E-state index in [1.165, 1.54) is 37.7 Å². The smallest absolute Gasteiger partial charge is 0.253 e. The van der Waals surface area contributed by atoms with Crippen LogP contribution in [0.3, 0.4) is 0 Å². The van der Waals surface area contributed by atoms with Crippen LogP contribution in [-0.2, 0) is 0 Å². The zero-order valence-electron chi connectivity index (χ0n) is 15.5. The van der Waals surface area contributed by atoms with Crippen LogP contribution in [0.2, 0.25) is 0 Å². The van der Waals surface area contributed by atoms with Crippen LogP contribution in [0.25, 0.3) is 0 Å². The van der Waals surface area contributed by atoms with Gasteiger partial charge in [-0.05, 0) is 56.2 Å². The van der Waals surface area contributed by atoms with Gasteiger partial charge in [0.15, 0.2) is 5.82 Å². The number of hydrogen-bond acceptors (Lipinski definition) is 4. The van der Waals surface area contributed by atoms with E-state index >= 15 is 0 Å². The Morgan fingerprint density at radius 2 is 1.69 bits per heavy atom. The lowest BCUT2D eigenvalue weighted by Gasteiger charge is -2.30. The van der Waals surface area contributed by atoms with Crippen molar-refractivity contribution in [3.05, 3.63) is 47.1 Å². The number of aryl methyl sites for hydroxylation is 1. The van der Waals surface area contributed by atoms with E-state index in [0.717, 1.165) is 31.5 Å². The summed E-state index contributed by atoms with van der Waals surface area (Å²) in [6.07, 6.45) is 8.37. The molecule has 0 unspecified atom stereocenters. The Bertz CT molecular complexity index is 739. The van der Waals surface area contributed by atoms with E-state index in [9.17, 15) is 4.79 Å². The maximum absolute atomic E-state index is 12.8. The highest BCUT2D eigenvalue weighted by molar-refractivity contribution is 5.94. The van der Waals surface area contributed by atoms with Gasteiger partial charge in [0.05, 0.1) is 0 Å². The van der Waals surface area contributed by atoms with E-state index in [4.69, 9.17) is 4.52 Å². The molecule has 0 N–H and O–H groups in total. The highest BCUT2D eigenvalue weighted by Crippen LogP contribution is 2.33. The molecule has 1 aromatic carbocycles. The van der Waals surface area contributed by atoms with Crippen LogP contribution in [0.1, 0.15) is 84.4 Å². The van der Waals surface area contributed by atoms with Crippen LogP contribution < -0.4 is 0 Å². The summed E-state index contributed by atoms with van der Waals surface area (Å²) in [6.45, 7) is 3.33. The van der Waals surface area contributed by atoms with Crippen molar-refractivity contribution in [2.75, 3.05) is 13.1 Å². The van der Waals surface area contributed by atoms with Crippen molar-refractivity contribution in [3.63, 3.8) is 0 Å². The Labute approximate surface area is 154 Å². The standard InChI is InChI=1S/C21H27N3O2/c1-15-22-20(26-23-15)18-11-13-24(14-12-18)21(25)19-9-7-17(8-10-19)16-5-3-2-4-6-16/h7-10,16,18H,2-6,11-14H2,1H3. The van der Waals surface area contributed by atoms with Crippen LogP contribution in [0.5, 0.6) is 0 Å². The molecule has 138 valence electrons. The SMILES string of the molecule is Cc1noc(C2CCN(C(=O)c3ccc(C4CCCCC4)cc3)CC2)n1. The molecule has 5 nitrogen and oxygen atoms in total. The summed E-state index contributed by atoms with van der Waals surface area (Å²) in [4.78, 5) is 19.1. The van der Waals surface area contributed by atoms with Crippen molar-refractivity contribution in [1.29, 1.82) is 0 Å². The Hall–Kier alpha value is -2.17. The molecule has 5 heteroatoms. The molecule has 2 heterocycles. The number of hydrogen-bond donors (Lipinski definition) is 0. The van der Waals surface area contributed by atoms with Crippen LogP contribution in [0.4, 0.5) is 0 Å². The Kier molecular flexibility index (Phi) is 5.05. The molecule has 1 aliphatic carbocycles. The average molecular weight is 353 g/mol. The van der Waals surface area contributed by atoms with Crippen molar-refractivity contribution in [3.8, 4) is 0 Å². The lowest BCUT2D eigenvalue weighted by Crippen LogP contribution is -2.38. The first kappa shape index (κ1) is 17.3. The molecule has 1 aromatic heterocycles. The van der Waals surface area contributed by atoms with Gasteiger partial charge < -0.3 is 9.42 Å². The van der Waals surface area contributed by atoms with E-state index in [0.29, 0.717) is 17.6 Å². The molecule has 1 aliphatic heterocycles. The number of rotatable bonds is 3. The van der Waals surface area contributed by atoms with Crippen molar-refractivity contribution in [1.82, 2.24) is 15.0 Å². The maximum atomic E-state index is 12.8. The molecule has 1 saturated heterocycles. The summed E-state index contributed by atoms with van der Waals surface area (Å²) >= 11 is 0. The quantitative estimate of drug-likeness (QED) is 0.818. The van der Waals surface area contributed by atoms with Gasteiger partial charge in [0.25, 0.3) is 5.91 Å². The molecule has 4 rings (SSSR count). The first-order valence-electron chi connectivity index (χ1n) is 9.90. The molecule has 0 radical (unpaired) electrons. The minimum atomic E-state index is 0.139. The van der Waals surface area contributed by atoms with Gasteiger partial charge in [-0.15, -0.1) is 0 Å². The minimum Gasteiger partial charge on any atom is -0.339 e. The van der Waals surface area contributed by atoms with Gasteiger partial charge in [-0.25, -0.2) is 0 Å². The minimum absolute atomic E-state index is 0.139. The van der Waals surface area contributed by atoms with Gasteiger partial charge in [0.2, 0.25) is 5.89 Å². The number of carbonyl (C=O) groups excluding carboxylic acids is 1. The molecule has 0 atom stereocenters. The second-order valence-electron chi connectivity index (χ2n) is 7.70. The lowest BCUT2D eigenvalue weighted by atomic mass is 9.84. The first-order valence-corrected chi connectivity index (χ1v) is 9.90. The zero-order chi connectivity index (χ0) is 17.9. The fourth-order valence-electron chi connectivity index (χ4n) is 4.32. The summed E-state index contributed by atoms with van der Waals surface area (Å²) in [5.41, 5.74) is 2.20. The van der Waals surface area contributed by atoms with Crippen LogP contribution in [0.15, 0.2) is 28.8 Å². The number of nitrogens with zero attached hydrogens (tertiary/aromatic N) is 3. The lowest BCUT2D eigenvalue weighted by molar-refractivity contribution is 0.0704. The molecule has 2 aromatic rings. The summed E-state index contributed by atoms with van der Waals surface area (Å²) < 4.78 is 5.29. The largest absolute Gasteiger partial charge is 0.339 e. The van der Waals surface area contributed by atoms with Crippen LogP contribution in [0, 0.1) is 6.92 Å². The van der Waals surface area contributed by atoms with Crippen molar-refractivity contribution in [2.24, 2.45) is 0 Å². The molecule has 0 spiro atoms. The molecule has 1 saturated carbocycles. The third-order valence-electron chi connectivity index (χ3n) is 5.91. The van der Waals surface area contributed by atoms with E-state index < -0.39 is 0 Å². The second-order valence-corrected chi connectivity index (χ2v) is 7.70. The number of carbonyl (C=O) groups is 1. The number of amides is 1. The molecule has 0 bridgehead atoms. The summed E-state index contributed by atoms with van der Waals surface area (Å²) in [5, 5.41) is 3.87. The van der Waals surface area contributed by atoms with E-state index in [2.05, 4.69) is 22.3 Å². The molecular weight excluding hydrogens is 326 g/mol. The highest BCUT2D eigenvalue weighted by Gasteiger charge is 2.27. The maximum Gasteiger partial charge on any atom is 0.253 e. The molecule has 2 aliphatic rings. The van der Waals surface area contributed by atoms with Gasteiger partial charge in [0.1, 0.15) is 0 Å². The summed E-state index contributed by atoms with van der Waals surface area (Å²) in [5.74, 6) is 2.48. The summed E-state index contributed by atoms with van der Waals surface area (Å²) in [7, 11) is 0. The van der Waals surface area contributed by atoms with Crippen molar-refractivity contribution < 1.29 is 9.32 Å². The third kappa shape index (κ3) is 3.67. The zero-order valence-corrected chi connectivity index (χ0v) is 15.5. The van der Waals surface area contributed by atoms with E-state index in [-0.39, 0.29) is 11.8 Å². The van der Waals surface area contributed by atoms with Gasteiger partial charge >= 0.3 is 0 Å². The summed E-state index contributed by atoms with van der Waals surface area (Å²) in [6, 6.07) is 8.35. The Morgan fingerprint density at radius 1 is 1.00 bits per heavy atom. The van der Waals surface area contributed by atoms with E-state index in [1.54, 1.807) is 0 Å². The second kappa shape index (κ2) is 7.60. The third-order valence-corrected chi connectivity index (χ3v) is 5.91. The monoisotopic (exact) mass is 353 g/mol. The van der Waals surface area contributed by atoms with Gasteiger partial charge in [-0.3, -0.25) is 4.79 Å². The fourth-order valence-corrected chi connectivity index (χ4v) is 4.32. The van der Waals surface area contributed by atoms with Crippen LogP contribution >= 0.6 is 0 Å². The van der Waals surface area contributed by atoms with Gasteiger partial charge in [0, 0.05) is 24.6 Å². The molecule has 26 heavy (non-hydrogen) atoms. The fraction of sp³-hybridized carbons (Fsp3) is 0.571. The predicted octanol–water partition coefficient (Wildman–Crippen LogP) is 4.45. The van der Waals surface area contributed by atoms with Crippen molar-refractivity contribution >= 4 is 5.91 Å². The number of likely N-dealkylation sites (tertiary alicyclic amines) is 1. The van der Waals surface area contributed by atoms with Crippen molar-refractivity contribution in [2.45, 2.75) is 63.7 Å². The van der Waals surface area contributed by atoms with E-state index in [1.807, 2.05) is 24.0 Å². The van der Waals surface area contributed by atoms with Gasteiger partial charge in [-0.1, -0.05) is 36.6 Å². The molecular formula is C21H27N3O2.